The minimum absolute atomic E-state index is 0.0264. The summed E-state index contributed by atoms with van der Waals surface area (Å²) < 4.78 is 5.27. The fraction of sp³-hybridized carbons (Fsp3) is 0.864. The molecule has 0 aromatic rings. The van der Waals surface area contributed by atoms with Crippen LogP contribution in [0.5, 0.6) is 0 Å². The molecule has 0 spiro atoms. The normalized spacial score (nSPS) is 12.0. The van der Waals surface area contributed by atoms with Crippen LogP contribution >= 0.6 is 0 Å². The molecule has 0 N–H and O–H groups in total. The lowest BCUT2D eigenvalue weighted by Crippen LogP contribution is -2.08. The number of allylic oxidation sites excluding steroid dienone is 1. The van der Waals surface area contributed by atoms with Crippen LogP contribution in [0.4, 0.5) is 0 Å². The molecule has 0 aliphatic heterocycles. The van der Waals surface area contributed by atoms with Gasteiger partial charge in [0.15, 0.2) is 0 Å². The Labute approximate surface area is 151 Å². The summed E-state index contributed by atoms with van der Waals surface area (Å²) in [6, 6.07) is 0. The Balaban J connectivity index is 3.35. The SMILES string of the molecule is CCCCC/C=C\CCOC(=O)CCCCCCCC(C)(C)CC. The van der Waals surface area contributed by atoms with E-state index in [9.17, 15) is 4.79 Å². The van der Waals surface area contributed by atoms with E-state index in [-0.39, 0.29) is 5.97 Å². The highest BCUT2D eigenvalue weighted by molar-refractivity contribution is 5.69. The minimum Gasteiger partial charge on any atom is -0.465 e. The molecule has 0 heterocycles. The van der Waals surface area contributed by atoms with Gasteiger partial charge in [-0.1, -0.05) is 84.8 Å². The van der Waals surface area contributed by atoms with Crippen LogP contribution in [0, 0.1) is 5.41 Å². The monoisotopic (exact) mass is 338 g/mol. The van der Waals surface area contributed by atoms with Crippen LogP contribution in [0.2, 0.25) is 0 Å². The smallest absolute Gasteiger partial charge is 0.305 e. The van der Waals surface area contributed by atoms with Gasteiger partial charge < -0.3 is 4.74 Å². The minimum atomic E-state index is -0.0264. The number of carbonyl (C=O) groups is 1. The summed E-state index contributed by atoms with van der Waals surface area (Å²) in [4.78, 5) is 11.6. The zero-order chi connectivity index (χ0) is 18.1. The molecule has 0 saturated carbocycles. The van der Waals surface area contributed by atoms with E-state index < -0.39 is 0 Å². The Morgan fingerprint density at radius 3 is 2.25 bits per heavy atom. The summed E-state index contributed by atoms with van der Waals surface area (Å²) in [6.45, 7) is 9.73. The largest absolute Gasteiger partial charge is 0.465 e. The third-order valence-corrected chi connectivity index (χ3v) is 4.88. The number of hydrogen-bond donors (Lipinski definition) is 0. The van der Waals surface area contributed by atoms with Crippen molar-refractivity contribution in [3.63, 3.8) is 0 Å². The third kappa shape index (κ3) is 16.1. The number of rotatable bonds is 16. The molecule has 0 amide bonds. The van der Waals surface area contributed by atoms with Crippen LogP contribution in [-0.4, -0.2) is 12.6 Å². The van der Waals surface area contributed by atoms with Crippen LogP contribution in [0.25, 0.3) is 0 Å². The van der Waals surface area contributed by atoms with E-state index in [1.807, 2.05) is 0 Å². The third-order valence-electron chi connectivity index (χ3n) is 4.88. The highest BCUT2D eigenvalue weighted by Crippen LogP contribution is 2.27. The Morgan fingerprint density at radius 2 is 1.54 bits per heavy atom. The van der Waals surface area contributed by atoms with Crippen molar-refractivity contribution in [3.8, 4) is 0 Å². The van der Waals surface area contributed by atoms with Crippen molar-refractivity contribution in [2.24, 2.45) is 5.41 Å². The quantitative estimate of drug-likeness (QED) is 0.169. The topological polar surface area (TPSA) is 26.3 Å². The van der Waals surface area contributed by atoms with Gasteiger partial charge in [-0.15, -0.1) is 0 Å². The van der Waals surface area contributed by atoms with Crippen molar-refractivity contribution in [1.29, 1.82) is 0 Å². The van der Waals surface area contributed by atoms with Crippen molar-refractivity contribution in [2.75, 3.05) is 6.61 Å². The predicted molar refractivity (Wildman–Crippen MR) is 105 cm³/mol. The van der Waals surface area contributed by atoms with Gasteiger partial charge in [0.25, 0.3) is 0 Å². The Kier molecular flexibility index (Phi) is 15.2. The van der Waals surface area contributed by atoms with Crippen molar-refractivity contribution in [1.82, 2.24) is 0 Å². The number of ether oxygens (including phenoxy) is 1. The molecule has 0 aromatic heterocycles. The molecule has 0 aliphatic carbocycles. The number of esters is 1. The first-order valence-corrected chi connectivity index (χ1v) is 10.3. The molecule has 2 heteroatoms. The van der Waals surface area contributed by atoms with Gasteiger partial charge in [0.05, 0.1) is 6.61 Å². The van der Waals surface area contributed by atoms with E-state index in [0.717, 1.165) is 25.7 Å². The molecule has 0 fully saturated rings. The number of unbranched alkanes of at least 4 members (excludes halogenated alkanes) is 7. The van der Waals surface area contributed by atoms with Gasteiger partial charge >= 0.3 is 5.97 Å². The van der Waals surface area contributed by atoms with E-state index in [2.05, 4.69) is 39.8 Å². The van der Waals surface area contributed by atoms with E-state index in [1.54, 1.807) is 0 Å². The van der Waals surface area contributed by atoms with Gasteiger partial charge in [0.1, 0.15) is 0 Å². The molecule has 0 aromatic carbocycles. The molecule has 0 atom stereocenters. The molecule has 0 saturated heterocycles. The second kappa shape index (κ2) is 15.7. The second-order valence-electron chi connectivity index (χ2n) is 7.76. The van der Waals surface area contributed by atoms with E-state index in [4.69, 9.17) is 4.74 Å². The van der Waals surface area contributed by atoms with Crippen molar-refractivity contribution in [2.45, 2.75) is 111 Å². The fourth-order valence-electron chi connectivity index (χ4n) is 2.64. The molecule has 142 valence electrons. The first kappa shape index (κ1) is 23.2. The van der Waals surface area contributed by atoms with E-state index >= 15 is 0 Å². The van der Waals surface area contributed by atoms with Crippen LogP contribution in [0.1, 0.15) is 111 Å². The molecule has 0 rings (SSSR count). The molecule has 0 aliphatic rings. The van der Waals surface area contributed by atoms with E-state index in [0.29, 0.717) is 18.4 Å². The van der Waals surface area contributed by atoms with Gasteiger partial charge in [-0.25, -0.2) is 0 Å². The first-order chi connectivity index (χ1) is 11.5. The molecule has 24 heavy (non-hydrogen) atoms. The van der Waals surface area contributed by atoms with Gasteiger partial charge in [-0.2, -0.15) is 0 Å². The van der Waals surface area contributed by atoms with Gasteiger partial charge in [0.2, 0.25) is 0 Å². The Bertz CT molecular complexity index is 318. The van der Waals surface area contributed by atoms with Gasteiger partial charge in [-0.3, -0.25) is 4.79 Å². The zero-order valence-corrected chi connectivity index (χ0v) is 16.9. The molecular weight excluding hydrogens is 296 g/mol. The molecule has 0 bridgehead atoms. The average molecular weight is 339 g/mol. The molecular formula is C22H42O2. The average Bonchev–Trinajstić information content (AvgIpc) is 2.56. The van der Waals surface area contributed by atoms with Gasteiger partial charge in [0, 0.05) is 6.42 Å². The van der Waals surface area contributed by atoms with Gasteiger partial charge in [-0.05, 0) is 37.5 Å². The number of carbonyl (C=O) groups excluding carboxylic acids is 1. The molecule has 2 nitrogen and oxygen atoms in total. The van der Waals surface area contributed by atoms with Crippen molar-refractivity contribution < 1.29 is 9.53 Å². The maximum absolute atomic E-state index is 11.6. The van der Waals surface area contributed by atoms with Crippen LogP contribution in [-0.2, 0) is 9.53 Å². The van der Waals surface area contributed by atoms with E-state index in [1.165, 1.54) is 51.4 Å². The lowest BCUT2D eigenvalue weighted by molar-refractivity contribution is -0.143. The Morgan fingerprint density at radius 1 is 0.875 bits per heavy atom. The summed E-state index contributed by atoms with van der Waals surface area (Å²) in [5.41, 5.74) is 0.494. The maximum atomic E-state index is 11.6. The summed E-state index contributed by atoms with van der Waals surface area (Å²) >= 11 is 0. The summed E-state index contributed by atoms with van der Waals surface area (Å²) in [5.74, 6) is -0.0264. The zero-order valence-electron chi connectivity index (χ0n) is 16.9. The fourth-order valence-corrected chi connectivity index (χ4v) is 2.64. The van der Waals surface area contributed by atoms with Crippen LogP contribution < -0.4 is 0 Å². The second-order valence-corrected chi connectivity index (χ2v) is 7.76. The standard InChI is InChI=1S/C22H42O2/c1-5-7-8-9-10-14-17-20-24-21(23)18-15-12-11-13-16-19-22(3,4)6-2/h10,14H,5-9,11-13,15-20H2,1-4H3/b14-10-. The van der Waals surface area contributed by atoms with Crippen molar-refractivity contribution in [3.05, 3.63) is 12.2 Å². The van der Waals surface area contributed by atoms with Crippen molar-refractivity contribution >= 4 is 5.97 Å². The molecule has 0 unspecified atom stereocenters. The maximum Gasteiger partial charge on any atom is 0.305 e. The summed E-state index contributed by atoms with van der Waals surface area (Å²) in [7, 11) is 0. The highest BCUT2D eigenvalue weighted by atomic mass is 16.5. The lowest BCUT2D eigenvalue weighted by atomic mass is 9.84. The lowest BCUT2D eigenvalue weighted by Gasteiger charge is -2.22. The summed E-state index contributed by atoms with van der Waals surface area (Å²) in [6.07, 6.45) is 19.3. The molecule has 0 radical (unpaired) electrons. The van der Waals surface area contributed by atoms with Crippen LogP contribution in [0.15, 0.2) is 12.2 Å². The predicted octanol–water partition coefficient (Wildman–Crippen LogP) is 7.22. The first-order valence-electron chi connectivity index (χ1n) is 10.3. The number of hydrogen-bond acceptors (Lipinski definition) is 2. The summed E-state index contributed by atoms with van der Waals surface area (Å²) in [5, 5.41) is 0. The van der Waals surface area contributed by atoms with Crippen LogP contribution in [0.3, 0.4) is 0 Å². The highest BCUT2D eigenvalue weighted by Gasteiger charge is 2.13. The Hall–Kier alpha value is -0.790.